The van der Waals surface area contributed by atoms with Crippen LogP contribution in [0, 0.1) is 11.6 Å². The summed E-state index contributed by atoms with van der Waals surface area (Å²) in [5.41, 5.74) is 0.840. The van der Waals surface area contributed by atoms with Crippen LogP contribution < -0.4 is 0 Å². The summed E-state index contributed by atoms with van der Waals surface area (Å²) in [6, 6.07) is 9.81. The molecule has 0 bridgehead atoms. The van der Waals surface area contributed by atoms with E-state index < -0.39 is 17.6 Å². The van der Waals surface area contributed by atoms with Crippen LogP contribution in [0.25, 0.3) is 0 Å². The van der Waals surface area contributed by atoms with Gasteiger partial charge in [-0.2, -0.15) is 0 Å². The van der Waals surface area contributed by atoms with E-state index in [2.05, 4.69) is 25.9 Å². The van der Waals surface area contributed by atoms with E-state index in [1.807, 2.05) is 12.1 Å². The fraction of sp³-hybridized carbons (Fsp3) is 0.0667. The van der Waals surface area contributed by atoms with Crippen molar-refractivity contribution in [2.45, 2.75) is 6.92 Å². The Morgan fingerprint density at radius 3 is 2.43 bits per heavy atom. The van der Waals surface area contributed by atoms with Gasteiger partial charge in [0.1, 0.15) is 11.6 Å². The maximum atomic E-state index is 13.4. The largest absolute Gasteiger partial charge is 0.368 e. The Bertz CT molecular complexity index is 699. The summed E-state index contributed by atoms with van der Waals surface area (Å²) < 4.78 is 27.1. The van der Waals surface area contributed by atoms with Crippen LogP contribution in [-0.4, -0.2) is 11.7 Å². The smallest absolute Gasteiger partial charge is 0.312 e. The van der Waals surface area contributed by atoms with Crippen molar-refractivity contribution in [2.24, 2.45) is 5.16 Å². The van der Waals surface area contributed by atoms with Crippen molar-refractivity contribution in [1.82, 2.24) is 0 Å². The van der Waals surface area contributed by atoms with E-state index in [0.29, 0.717) is 11.8 Å². The molecule has 0 amide bonds. The molecule has 0 heterocycles. The standard InChI is InChI=1S/C15H10BrF2NO2/c1-9(10-2-4-11(16)5-3-10)19-21-15(20)13-7-6-12(17)8-14(13)18/h2-8H,1H3. The number of nitrogens with zero attached hydrogens (tertiary/aromatic N) is 1. The van der Waals surface area contributed by atoms with Crippen LogP contribution in [0.5, 0.6) is 0 Å². The van der Waals surface area contributed by atoms with Crippen LogP contribution in [0.2, 0.25) is 0 Å². The molecule has 3 nitrogen and oxygen atoms in total. The molecule has 0 aliphatic heterocycles. The van der Waals surface area contributed by atoms with Gasteiger partial charge >= 0.3 is 5.97 Å². The van der Waals surface area contributed by atoms with Crippen LogP contribution in [-0.2, 0) is 4.84 Å². The zero-order chi connectivity index (χ0) is 15.4. The molecular weight excluding hydrogens is 344 g/mol. The van der Waals surface area contributed by atoms with E-state index in [9.17, 15) is 13.6 Å². The molecule has 21 heavy (non-hydrogen) atoms. The third kappa shape index (κ3) is 3.95. The van der Waals surface area contributed by atoms with E-state index in [0.717, 1.165) is 22.2 Å². The third-order valence-electron chi connectivity index (χ3n) is 2.68. The second-order valence-electron chi connectivity index (χ2n) is 4.19. The van der Waals surface area contributed by atoms with Crippen LogP contribution in [0.15, 0.2) is 52.1 Å². The fourth-order valence-electron chi connectivity index (χ4n) is 1.56. The summed E-state index contributed by atoms with van der Waals surface area (Å²) in [5.74, 6) is -2.74. The number of benzene rings is 2. The second-order valence-corrected chi connectivity index (χ2v) is 5.10. The predicted molar refractivity (Wildman–Crippen MR) is 78.1 cm³/mol. The van der Waals surface area contributed by atoms with Gasteiger partial charge in [-0.25, -0.2) is 13.6 Å². The minimum Gasteiger partial charge on any atom is -0.312 e. The first-order valence-corrected chi connectivity index (χ1v) is 6.73. The number of hydrogen-bond acceptors (Lipinski definition) is 3. The highest BCUT2D eigenvalue weighted by atomic mass is 79.9. The molecule has 0 fully saturated rings. The zero-order valence-electron chi connectivity index (χ0n) is 10.9. The number of oxime groups is 1. The van der Waals surface area contributed by atoms with Crippen LogP contribution >= 0.6 is 15.9 Å². The molecule has 2 aromatic carbocycles. The molecule has 0 unspecified atom stereocenters. The van der Waals surface area contributed by atoms with Crippen molar-refractivity contribution in [3.05, 3.63) is 69.7 Å². The molecule has 6 heteroatoms. The van der Waals surface area contributed by atoms with E-state index in [1.165, 1.54) is 0 Å². The van der Waals surface area contributed by atoms with Crippen LogP contribution in [0.1, 0.15) is 22.8 Å². The lowest BCUT2D eigenvalue weighted by Gasteiger charge is -2.02. The normalized spacial score (nSPS) is 11.3. The topological polar surface area (TPSA) is 38.7 Å². The Morgan fingerprint density at radius 2 is 1.81 bits per heavy atom. The first kappa shape index (κ1) is 15.3. The monoisotopic (exact) mass is 353 g/mol. The van der Waals surface area contributed by atoms with Gasteiger partial charge in [-0.1, -0.05) is 33.2 Å². The lowest BCUT2D eigenvalue weighted by atomic mass is 10.1. The Balaban J connectivity index is 2.12. The highest BCUT2D eigenvalue weighted by Crippen LogP contribution is 2.13. The molecule has 0 spiro atoms. The van der Waals surface area contributed by atoms with Crippen molar-refractivity contribution < 1.29 is 18.4 Å². The summed E-state index contributed by atoms with van der Waals surface area (Å²) in [6.45, 7) is 1.65. The Morgan fingerprint density at radius 1 is 1.14 bits per heavy atom. The molecule has 0 N–H and O–H groups in total. The summed E-state index contributed by atoms with van der Waals surface area (Å²) in [6.07, 6.45) is 0. The van der Waals surface area contributed by atoms with Crippen molar-refractivity contribution >= 4 is 27.6 Å². The molecule has 0 aliphatic rings. The van der Waals surface area contributed by atoms with Crippen LogP contribution in [0.4, 0.5) is 8.78 Å². The number of carbonyl (C=O) groups is 1. The van der Waals surface area contributed by atoms with Crippen molar-refractivity contribution in [3.8, 4) is 0 Å². The second kappa shape index (κ2) is 6.58. The number of halogens is 3. The fourth-order valence-corrected chi connectivity index (χ4v) is 1.82. The van der Waals surface area contributed by atoms with E-state index in [1.54, 1.807) is 19.1 Å². The zero-order valence-corrected chi connectivity index (χ0v) is 12.5. The van der Waals surface area contributed by atoms with Gasteiger partial charge in [0.2, 0.25) is 0 Å². The first-order valence-electron chi connectivity index (χ1n) is 5.94. The number of rotatable bonds is 3. The quantitative estimate of drug-likeness (QED) is 0.468. The highest BCUT2D eigenvalue weighted by Gasteiger charge is 2.14. The van der Waals surface area contributed by atoms with Gasteiger partial charge in [-0.05, 0) is 36.8 Å². The van der Waals surface area contributed by atoms with Gasteiger partial charge in [0.25, 0.3) is 0 Å². The Kier molecular flexibility index (Phi) is 4.80. The highest BCUT2D eigenvalue weighted by molar-refractivity contribution is 9.10. The average Bonchev–Trinajstić information content (AvgIpc) is 2.45. The van der Waals surface area contributed by atoms with Gasteiger partial charge in [-0.3, -0.25) is 0 Å². The lowest BCUT2D eigenvalue weighted by molar-refractivity contribution is 0.0511. The molecule has 2 aromatic rings. The average molecular weight is 354 g/mol. The first-order chi connectivity index (χ1) is 9.97. The van der Waals surface area contributed by atoms with Gasteiger partial charge < -0.3 is 4.84 Å². The minimum atomic E-state index is -0.989. The molecular formula is C15H10BrF2NO2. The maximum absolute atomic E-state index is 13.4. The van der Waals surface area contributed by atoms with Gasteiger partial charge in [0.05, 0.1) is 11.3 Å². The summed E-state index contributed by atoms with van der Waals surface area (Å²) in [5, 5.41) is 3.66. The number of hydrogen-bond donors (Lipinski definition) is 0. The molecule has 2 rings (SSSR count). The predicted octanol–water partition coefficient (Wildman–Crippen LogP) is 4.31. The molecule has 0 aliphatic carbocycles. The Hall–Kier alpha value is -2.08. The molecule has 0 saturated carbocycles. The summed E-state index contributed by atoms with van der Waals surface area (Å²) in [4.78, 5) is 16.3. The molecule has 0 atom stereocenters. The van der Waals surface area contributed by atoms with Crippen LogP contribution in [0.3, 0.4) is 0 Å². The summed E-state index contributed by atoms with van der Waals surface area (Å²) in [7, 11) is 0. The van der Waals surface area contributed by atoms with Gasteiger partial charge in [0, 0.05) is 10.5 Å². The molecule has 108 valence electrons. The third-order valence-corrected chi connectivity index (χ3v) is 3.21. The maximum Gasteiger partial charge on any atom is 0.368 e. The number of carbonyl (C=O) groups excluding carboxylic acids is 1. The van der Waals surface area contributed by atoms with Gasteiger partial charge in [0.15, 0.2) is 0 Å². The minimum absolute atomic E-state index is 0.372. The van der Waals surface area contributed by atoms with Gasteiger partial charge in [-0.15, -0.1) is 0 Å². The van der Waals surface area contributed by atoms with Crippen molar-refractivity contribution in [3.63, 3.8) is 0 Å². The van der Waals surface area contributed by atoms with E-state index in [-0.39, 0.29) is 5.56 Å². The van der Waals surface area contributed by atoms with E-state index in [4.69, 9.17) is 0 Å². The SMILES string of the molecule is CC(=NOC(=O)c1ccc(F)cc1F)c1ccc(Br)cc1. The molecule has 0 saturated heterocycles. The lowest BCUT2D eigenvalue weighted by Crippen LogP contribution is -2.06. The Labute approximate surface area is 128 Å². The van der Waals surface area contributed by atoms with Crippen molar-refractivity contribution in [1.29, 1.82) is 0 Å². The van der Waals surface area contributed by atoms with Crippen molar-refractivity contribution in [2.75, 3.05) is 0 Å². The summed E-state index contributed by atoms with van der Waals surface area (Å²) >= 11 is 3.30. The molecule has 0 aromatic heterocycles. The van der Waals surface area contributed by atoms with E-state index >= 15 is 0 Å². The molecule has 0 radical (unpaired) electrons.